The predicted molar refractivity (Wildman–Crippen MR) is 84.7 cm³/mol. The number of ether oxygens (including phenoxy) is 2. The molecule has 0 saturated carbocycles. The molecule has 1 aromatic carbocycles. The number of imide groups is 1. The first-order valence-electron chi connectivity index (χ1n) is 7.12. The van der Waals surface area contributed by atoms with Crippen molar-refractivity contribution in [2.24, 2.45) is 0 Å². The van der Waals surface area contributed by atoms with Crippen LogP contribution in [0.1, 0.15) is 41.5 Å². The second-order valence-corrected chi connectivity index (χ2v) is 7.01. The van der Waals surface area contributed by atoms with Gasteiger partial charge in [-0.3, -0.25) is 0 Å². The van der Waals surface area contributed by atoms with Crippen LogP contribution in [0.4, 0.5) is 19.7 Å². The zero-order chi connectivity index (χ0) is 18.0. The van der Waals surface area contributed by atoms with E-state index in [1.54, 1.807) is 41.5 Å². The van der Waals surface area contributed by atoms with Crippen LogP contribution in [-0.4, -0.2) is 28.2 Å². The maximum absolute atomic E-state index is 13.9. The SMILES string of the molecule is CC(C)(C)OC(=O)N(C(=O)Oc1cccc(N)c1F)C(C)(C)C. The number of hydrogen-bond acceptors (Lipinski definition) is 5. The van der Waals surface area contributed by atoms with Gasteiger partial charge < -0.3 is 15.2 Å². The van der Waals surface area contributed by atoms with Gasteiger partial charge in [-0.2, -0.15) is 0 Å². The summed E-state index contributed by atoms with van der Waals surface area (Å²) in [6, 6.07) is 4.03. The van der Waals surface area contributed by atoms with E-state index in [1.165, 1.54) is 18.2 Å². The summed E-state index contributed by atoms with van der Waals surface area (Å²) < 4.78 is 24.0. The minimum atomic E-state index is -1.05. The summed E-state index contributed by atoms with van der Waals surface area (Å²) in [5, 5.41) is 0. The van der Waals surface area contributed by atoms with Gasteiger partial charge in [0, 0.05) is 5.54 Å². The highest BCUT2D eigenvalue weighted by molar-refractivity contribution is 5.90. The van der Waals surface area contributed by atoms with Gasteiger partial charge in [-0.25, -0.2) is 18.9 Å². The minimum absolute atomic E-state index is 0.158. The van der Waals surface area contributed by atoms with Crippen molar-refractivity contribution in [3.8, 4) is 5.75 Å². The second kappa shape index (κ2) is 6.44. The molecule has 0 spiro atoms. The lowest BCUT2D eigenvalue weighted by Crippen LogP contribution is -2.52. The first-order valence-corrected chi connectivity index (χ1v) is 7.12. The van der Waals surface area contributed by atoms with Crippen LogP contribution in [0.5, 0.6) is 5.75 Å². The third-order valence-electron chi connectivity index (χ3n) is 2.62. The van der Waals surface area contributed by atoms with E-state index in [9.17, 15) is 14.0 Å². The van der Waals surface area contributed by atoms with E-state index in [0.29, 0.717) is 0 Å². The molecule has 0 aromatic heterocycles. The molecule has 0 radical (unpaired) electrons. The molecule has 0 aliphatic rings. The van der Waals surface area contributed by atoms with Gasteiger partial charge in [0.2, 0.25) is 0 Å². The number of hydrogen-bond donors (Lipinski definition) is 1. The number of carbonyl (C=O) groups is 2. The predicted octanol–water partition coefficient (Wildman–Crippen LogP) is 3.94. The van der Waals surface area contributed by atoms with Crippen LogP contribution in [0.25, 0.3) is 0 Å². The van der Waals surface area contributed by atoms with E-state index in [1.807, 2.05) is 0 Å². The summed E-state index contributed by atoms with van der Waals surface area (Å²) in [5.74, 6) is -1.22. The summed E-state index contributed by atoms with van der Waals surface area (Å²) in [6.07, 6.45) is -1.92. The standard InChI is InChI=1S/C16H23FN2O4/c1-15(2,3)19(14(21)23-16(4,5)6)13(20)22-11-9-7-8-10(18)12(11)17/h7-9H,18H2,1-6H3. The Kier molecular flexibility index (Phi) is 5.24. The lowest BCUT2D eigenvalue weighted by molar-refractivity contribution is 0.0118. The normalized spacial score (nSPS) is 11.8. The van der Waals surface area contributed by atoms with Crippen molar-refractivity contribution in [3.63, 3.8) is 0 Å². The van der Waals surface area contributed by atoms with Crippen molar-refractivity contribution in [1.29, 1.82) is 0 Å². The van der Waals surface area contributed by atoms with Crippen molar-refractivity contribution in [3.05, 3.63) is 24.0 Å². The van der Waals surface area contributed by atoms with E-state index in [0.717, 1.165) is 4.90 Å². The van der Waals surface area contributed by atoms with Gasteiger partial charge in [-0.15, -0.1) is 0 Å². The molecule has 128 valence electrons. The van der Waals surface area contributed by atoms with E-state index >= 15 is 0 Å². The minimum Gasteiger partial charge on any atom is -0.443 e. The van der Waals surface area contributed by atoms with E-state index in [2.05, 4.69) is 0 Å². The molecule has 6 nitrogen and oxygen atoms in total. The molecule has 0 heterocycles. The lowest BCUT2D eigenvalue weighted by atomic mass is 10.1. The number of nitrogen functional groups attached to an aromatic ring is 1. The Morgan fingerprint density at radius 3 is 2.13 bits per heavy atom. The summed E-state index contributed by atoms with van der Waals surface area (Å²) in [5.41, 5.74) is 3.56. The Morgan fingerprint density at radius 1 is 1.09 bits per heavy atom. The highest BCUT2D eigenvalue weighted by atomic mass is 19.1. The molecule has 1 aromatic rings. The summed E-state index contributed by atoms with van der Waals surface area (Å²) >= 11 is 0. The van der Waals surface area contributed by atoms with Crippen LogP contribution in [0.2, 0.25) is 0 Å². The Labute approximate surface area is 135 Å². The Morgan fingerprint density at radius 2 is 1.65 bits per heavy atom. The van der Waals surface area contributed by atoms with E-state index in [4.69, 9.17) is 15.2 Å². The van der Waals surface area contributed by atoms with Gasteiger partial charge in [0.25, 0.3) is 0 Å². The summed E-state index contributed by atoms with van der Waals surface area (Å²) in [6.45, 7) is 9.92. The zero-order valence-electron chi connectivity index (χ0n) is 14.3. The maximum atomic E-state index is 13.9. The van der Waals surface area contributed by atoms with Crippen LogP contribution in [0.15, 0.2) is 18.2 Å². The van der Waals surface area contributed by atoms with Gasteiger partial charge in [-0.05, 0) is 53.7 Å². The number of rotatable bonds is 1. The van der Waals surface area contributed by atoms with Gasteiger partial charge >= 0.3 is 12.2 Å². The van der Waals surface area contributed by atoms with Crippen LogP contribution in [0.3, 0.4) is 0 Å². The van der Waals surface area contributed by atoms with Crippen molar-refractivity contribution >= 4 is 17.9 Å². The third-order valence-corrected chi connectivity index (χ3v) is 2.62. The van der Waals surface area contributed by atoms with Crippen LogP contribution in [0, 0.1) is 5.82 Å². The molecule has 0 saturated heterocycles. The molecular weight excluding hydrogens is 303 g/mol. The van der Waals surface area contributed by atoms with E-state index < -0.39 is 29.1 Å². The maximum Gasteiger partial charge on any atom is 0.425 e. The number of benzene rings is 1. The molecule has 0 bridgehead atoms. The van der Waals surface area contributed by atoms with Gasteiger partial charge in [0.05, 0.1) is 5.69 Å². The van der Waals surface area contributed by atoms with Crippen molar-refractivity contribution in [1.82, 2.24) is 4.90 Å². The average molecular weight is 326 g/mol. The molecule has 0 aliphatic carbocycles. The number of amides is 2. The Balaban J connectivity index is 3.06. The fourth-order valence-electron chi connectivity index (χ4n) is 1.68. The lowest BCUT2D eigenvalue weighted by Gasteiger charge is -2.34. The highest BCUT2D eigenvalue weighted by Gasteiger charge is 2.37. The summed E-state index contributed by atoms with van der Waals surface area (Å²) in [4.78, 5) is 25.4. The number of carbonyl (C=O) groups excluding carboxylic acids is 2. The Hall–Kier alpha value is -2.31. The van der Waals surface area contributed by atoms with Crippen molar-refractivity contribution in [2.75, 3.05) is 5.73 Å². The van der Waals surface area contributed by atoms with E-state index in [-0.39, 0.29) is 11.4 Å². The molecule has 2 amide bonds. The molecule has 0 fully saturated rings. The zero-order valence-corrected chi connectivity index (χ0v) is 14.3. The molecular formula is C16H23FN2O4. The molecule has 7 heteroatoms. The number of anilines is 1. The third kappa shape index (κ3) is 5.12. The molecule has 23 heavy (non-hydrogen) atoms. The topological polar surface area (TPSA) is 81.9 Å². The highest BCUT2D eigenvalue weighted by Crippen LogP contribution is 2.25. The van der Waals surface area contributed by atoms with Crippen LogP contribution >= 0.6 is 0 Å². The first kappa shape index (κ1) is 18.7. The Bertz CT molecular complexity index is 603. The fourth-order valence-corrected chi connectivity index (χ4v) is 1.68. The molecule has 2 N–H and O–H groups in total. The monoisotopic (exact) mass is 326 g/mol. The molecule has 0 unspecified atom stereocenters. The molecule has 0 atom stereocenters. The average Bonchev–Trinajstić information content (AvgIpc) is 2.30. The van der Waals surface area contributed by atoms with Gasteiger partial charge in [0.1, 0.15) is 5.60 Å². The summed E-state index contributed by atoms with van der Waals surface area (Å²) in [7, 11) is 0. The quantitative estimate of drug-likeness (QED) is 0.790. The number of nitrogens with two attached hydrogens (primary N) is 1. The van der Waals surface area contributed by atoms with Crippen molar-refractivity contribution < 1.29 is 23.5 Å². The van der Waals surface area contributed by atoms with Crippen molar-refractivity contribution in [2.45, 2.75) is 52.7 Å². The fraction of sp³-hybridized carbons (Fsp3) is 0.500. The molecule has 1 rings (SSSR count). The van der Waals surface area contributed by atoms with Crippen LogP contribution < -0.4 is 10.5 Å². The number of halogens is 1. The molecule has 0 aliphatic heterocycles. The second-order valence-electron chi connectivity index (χ2n) is 7.01. The number of nitrogens with zero attached hydrogens (tertiary/aromatic N) is 1. The van der Waals surface area contributed by atoms with Gasteiger partial charge in [-0.1, -0.05) is 6.07 Å². The van der Waals surface area contributed by atoms with Crippen LogP contribution in [-0.2, 0) is 4.74 Å². The smallest absolute Gasteiger partial charge is 0.425 e. The van der Waals surface area contributed by atoms with Gasteiger partial charge in [0.15, 0.2) is 11.6 Å². The largest absolute Gasteiger partial charge is 0.443 e. The first-order chi connectivity index (χ1) is 10.3.